The maximum Gasteiger partial charge on any atom is 0.407 e. The summed E-state index contributed by atoms with van der Waals surface area (Å²) in [5, 5.41) is 17.2. The number of aliphatic hydroxyl groups excluding tert-OH is 1. The first kappa shape index (κ1) is 40.7. The van der Waals surface area contributed by atoms with E-state index in [2.05, 4.69) is 46.4 Å². The fourth-order valence-corrected chi connectivity index (χ4v) is 10.2. The molecule has 298 valence electrons. The van der Waals surface area contributed by atoms with Crippen LogP contribution < -0.4 is 5.32 Å². The number of ketones is 2. The van der Waals surface area contributed by atoms with Crippen molar-refractivity contribution in [3.8, 4) is 11.1 Å². The molecular weight excluding hydrogens is 716 g/mol. The van der Waals surface area contributed by atoms with Crippen LogP contribution in [0.5, 0.6) is 0 Å². The van der Waals surface area contributed by atoms with E-state index in [1.807, 2.05) is 37.3 Å². The first-order valence-corrected chi connectivity index (χ1v) is 19.6. The number of Topliss-reactive ketones (excluding diaryl/α,β-unsaturated/α-hetero) is 1. The van der Waals surface area contributed by atoms with E-state index in [4.69, 9.17) is 9.47 Å². The van der Waals surface area contributed by atoms with Crippen LogP contribution in [0.15, 0.2) is 77.5 Å². The van der Waals surface area contributed by atoms with E-state index in [0.717, 1.165) is 29.5 Å². The van der Waals surface area contributed by atoms with Crippen LogP contribution in [-0.2, 0) is 33.4 Å². The Morgan fingerprint density at radius 1 is 1.04 bits per heavy atom. The predicted molar refractivity (Wildman–Crippen MR) is 207 cm³/mol. The van der Waals surface area contributed by atoms with Crippen LogP contribution in [0, 0.1) is 34.0 Å². The van der Waals surface area contributed by atoms with Gasteiger partial charge in [0.2, 0.25) is 0 Å². The normalized spacial score (nSPS) is 29.0. The Balaban J connectivity index is 0.000000190. The predicted octanol–water partition coefficient (Wildman–Crippen LogP) is 6.77. The third-order valence-corrected chi connectivity index (χ3v) is 12.6. The molecule has 2 aromatic carbocycles. The highest BCUT2D eigenvalue weighted by Crippen LogP contribution is 2.64. The lowest BCUT2D eigenvalue weighted by Gasteiger charge is -2.57. The second kappa shape index (κ2) is 16.3. The summed E-state index contributed by atoms with van der Waals surface area (Å²) >= 11 is 0. The van der Waals surface area contributed by atoms with Crippen molar-refractivity contribution in [1.82, 2.24) is 5.32 Å². The summed E-state index contributed by atoms with van der Waals surface area (Å²) in [6.07, 6.45) is 7.00. The number of esters is 1. The van der Waals surface area contributed by atoms with Gasteiger partial charge in [-0.05, 0) is 99.1 Å². The molecule has 5 aliphatic rings. The lowest BCUT2D eigenvalue weighted by molar-refractivity contribution is -0.157. The summed E-state index contributed by atoms with van der Waals surface area (Å²) in [4.78, 5) is 71.5. The van der Waals surface area contributed by atoms with Crippen LogP contribution in [0.25, 0.3) is 11.1 Å². The molecule has 56 heavy (non-hydrogen) atoms. The number of benzene rings is 2. The number of carbonyl (C=O) groups is 5. The number of hydrogen-bond donors (Lipinski definition) is 2. The molecule has 0 spiro atoms. The molecule has 0 radical (unpaired) electrons. The molecule has 1 amide bonds. The van der Waals surface area contributed by atoms with Gasteiger partial charge in [-0.1, -0.05) is 79.2 Å². The van der Waals surface area contributed by atoms with Gasteiger partial charge in [0.1, 0.15) is 30.4 Å². The van der Waals surface area contributed by atoms with Crippen molar-refractivity contribution < 1.29 is 43.3 Å². The van der Waals surface area contributed by atoms with Crippen LogP contribution >= 0.6 is 0 Å². The van der Waals surface area contributed by atoms with E-state index in [1.54, 1.807) is 32.9 Å². The number of alkyl carbamates (subject to hydrolysis) is 1. The molecule has 3 fully saturated rings. The van der Waals surface area contributed by atoms with Gasteiger partial charge >= 0.3 is 12.1 Å². The molecule has 7 rings (SSSR count). The number of ether oxygens (including phenoxy) is 3. The number of amides is 1. The van der Waals surface area contributed by atoms with Crippen molar-refractivity contribution in [2.45, 2.75) is 102 Å². The molecule has 5 aliphatic carbocycles. The van der Waals surface area contributed by atoms with Gasteiger partial charge in [0.15, 0.2) is 11.6 Å². The molecule has 0 heterocycles. The number of carbonyl (C=O) groups excluding carboxylic acids is 5. The van der Waals surface area contributed by atoms with E-state index < -0.39 is 46.7 Å². The Morgan fingerprint density at radius 2 is 1.70 bits per heavy atom. The van der Waals surface area contributed by atoms with Gasteiger partial charge in [0.25, 0.3) is 6.47 Å². The summed E-state index contributed by atoms with van der Waals surface area (Å²) in [5.74, 6) is -1.58. The topological polar surface area (TPSA) is 175 Å². The van der Waals surface area contributed by atoms with E-state index in [1.165, 1.54) is 11.1 Å². The lowest BCUT2D eigenvalue weighted by atomic mass is 9.48. The standard InChI is InChI=1S/C23H27NO4.C21H25NO6/c1-5-20(21(25)28-23(2,3)4)24-22(26)27-14-19-17-12-8-6-10-15(17)16-11-7-9-13-18(16)19;1-20-7-6-13(24)8-12(20)2-3-14-15-4-5-16(18(26)10-28-11-23)21(15,22-27)9-17(25)19(14)20/h6-13,19-20H,5,14H2,1-4H3,(H,24,26);6-8,11,14-17,19,25H,2-5,9-10H2,1H3. The van der Waals surface area contributed by atoms with Gasteiger partial charge in [-0.15, -0.1) is 0 Å². The minimum absolute atomic E-state index is 0.0141. The van der Waals surface area contributed by atoms with Crippen LogP contribution in [0.1, 0.15) is 90.2 Å². The molecule has 2 aromatic rings. The summed E-state index contributed by atoms with van der Waals surface area (Å²) in [6.45, 7) is 9.34. The quantitative estimate of drug-likeness (QED) is 0.114. The van der Waals surface area contributed by atoms with Crippen LogP contribution in [0.2, 0.25) is 0 Å². The van der Waals surface area contributed by atoms with Gasteiger partial charge in [-0.3, -0.25) is 14.4 Å². The number of hydrogen-bond acceptors (Lipinski definition) is 11. The number of rotatable bonds is 10. The molecule has 12 nitrogen and oxygen atoms in total. The summed E-state index contributed by atoms with van der Waals surface area (Å²) < 4.78 is 15.5. The van der Waals surface area contributed by atoms with E-state index in [0.29, 0.717) is 19.3 Å². The molecule has 0 aliphatic heterocycles. The van der Waals surface area contributed by atoms with E-state index in [-0.39, 0.29) is 61.3 Å². The molecular formula is C44H52N2O10. The van der Waals surface area contributed by atoms with Crippen LogP contribution in [0.4, 0.5) is 4.79 Å². The Bertz CT molecular complexity index is 1890. The fraction of sp³-hybridized carbons (Fsp3) is 0.523. The van der Waals surface area contributed by atoms with Crippen molar-refractivity contribution in [2.75, 3.05) is 13.2 Å². The first-order valence-electron chi connectivity index (χ1n) is 19.6. The molecule has 8 atom stereocenters. The van der Waals surface area contributed by atoms with Gasteiger partial charge in [0, 0.05) is 23.7 Å². The van der Waals surface area contributed by atoms with E-state index in [9.17, 15) is 34.0 Å². The zero-order chi connectivity index (χ0) is 40.4. The molecule has 0 aromatic heterocycles. The second-order valence-corrected chi connectivity index (χ2v) is 16.8. The molecule has 12 heteroatoms. The van der Waals surface area contributed by atoms with Gasteiger partial charge in [-0.25, -0.2) is 9.59 Å². The number of nitroso groups, excluding NO2 is 1. The average molecular weight is 769 g/mol. The smallest absolute Gasteiger partial charge is 0.407 e. The largest absolute Gasteiger partial charge is 0.460 e. The number of aliphatic hydroxyl groups is 1. The van der Waals surface area contributed by atoms with Crippen LogP contribution in [0.3, 0.4) is 0 Å². The molecule has 8 unspecified atom stereocenters. The minimum atomic E-state index is -1.14. The van der Waals surface area contributed by atoms with Crippen molar-refractivity contribution in [1.29, 1.82) is 0 Å². The van der Waals surface area contributed by atoms with Crippen molar-refractivity contribution in [3.05, 3.63) is 88.4 Å². The average Bonchev–Trinajstić information content (AvgIpc) is 3.71. The second-order valence-electron chi connectivity index (χ2n) is 16.8. The fourth-order valence-electron chi connectivity index (χ4n) is 10.2. The Morgan fingerprint density at radius 3 is 2.30 bits per heavy atom. The SMILES string of the molecule is CC12C=CC(=O)C=C1CCC1C2C(O)CC2(N=O)C(C(=O)COC=O)CCC12.CCC(NC(=O)OCC1c2ccccc2-c2ccccc21)C(=O)OC(C)(C)C. The van der Waals surface area contributed by atoms with Crippen molar-refractivity contribution in [3.63, 3.8) is 0 Å². The highest BCUT2D eigenvalue weighted by molar-refractivity contribution is 6.01. The van der Waals surface area contributed by atoms with Gasteiger partial charge in [0.05, 0.1) is 12.0 Å². The Hall–Kier alpha value is -4.97. The number of allylic oxidation sites excluding steroid dienone is 4. The van der Waals surface area contributed by atoms with Gasteiger partial charge < -0.3 is 24.6 Å². The summed E-state index contributed by atoms with van der Waals surface area (Å²) in [6, 6.07) is 15.6. The van der Waals surface area contributed by atoms with Crippen LogP contribution in [-0.4, -0.2) is 71.7 Å². The molecule has 0 saturated heterocycles. The third kappa shape index (κ3) is 7.72. The number of fused-ring (bicyclic) bond motifs is 8. The Labute approximate surface area is 327 Å². The minimum Gasteiger partial charge on any atom is -0.460 e. The van der Waals surface area contributed by atoms with Crippen molar-refractivity contribution in [2.24, 2.45) is 34.3 Å². The Kier molecular flexibility index (Phi) is 11.8. The summed E-state index contributed by atoms with van der Waals surface area (Å²) in [7, 11) is 0. The highest BCUT2D eigenvalue weighted by Gasteiger charge is 2.65. The monoisotopic (exact) mass is 768 g/mol. The zero-order valence-corrected chi connectivity index (χ0v) is 32.7. The first-order chi connectivity index (χ1) is 26.7. The van der Waals surface area contributed by atoms with E-state index >= 15 is 0 Å². The molecule has 0 bridgehead atoms. The van der Waals surface area contributed by atoms with Crippen molar-refractivity contribution >= 4 is 30.1 Å². The number of nitrogens with one attached hydrogen (secondary N) is 1. The zero-order valence-electron chi connectivity index (χ0n) is 32.7. The maximum atomic E-state index is 12.6. The highest BCUT2D eigenvalue weighted by atomic mass is 16.6. The molecule has 2 N–H and O–H groups in total. The summed E-state index contributed by atoms with van der Waals surface area (Å²) in [5.41, 5.74) is 3.51. The maximum absolute atomic E-state index is 12.6. The van der Waals surface area contributed by atoms with Gasteiger partial charge in [-0.2, -0.15) is 4.91 Å². The lowest BCUT2D eigenvalue weighted by Crippen LogP contribution is -2.59. The number of nitrogens with zero attached hydrogens (tertiary/aromatic N) is 1. The third-order valence-electron chi connectivity index (χ3n) is 12.6. The molecule has 3 saturated carbocycles.